The number of ketones is 2. The van der Waals surface area contributed by atoms with Gasteiger partial charge in [0.15, 0.2) is 0 Å². The zero-order valence-electron chi connectivity index (χ0n) is 9.65. The Labute approximate surface area is 99.2 Å². The number of Topliss-reactive ketones (excluding diaryl/α,β-unsaturated/α-hetero) is 2. The van der Waals surface area contributed by atoms with Gasteiger partial charge in [0, 0.05) is 13.2 Å². The van der Waals surface area contributed by atoms with Crippen molar-refractivity contribution in [1.29, 1.82) is 0 Å². The Kier molecular flexibility index (Phi) is 8.03. The van der Waals surface area contributed by atoms with Gasteiger partial charge in [-0.15, -0.1) is 0 Å². The van der Waals surface area contributed by atoms with Crippen molar-refractivity contribution in [2.75, 3.05) is 13.2 Å². The summed E-state index contributed by atoms with van der Waals surface area (Å²) < 4.78 is 14.8. The summed E-state index contributed by atoms with van der Waals surface area (Å²) in [4.78, 5) is 32.9. The van der Waals surface area contributed by atoms with Crippen molar-refractivity contribution in [1.82, 2.24) is 0 Å². The predicted octanol–water partition coefficient (Wildman–Crippen LogP) is 0.136. The molecule has 0 N–H and O–H groups in total. The molecule has 16 heavy (non-hydrogen) atoms. The first-order valence-electron chi connectivity index (χ1n) is 4.97. The summed E-state index contributed by atoms with van der Waals surface area (Å²) in [5.41, 5.74) is 0. The maximum Gasteiger partial charge on any atom is 1.00 e. The van der Waals surface area contributed by atoms with Crippen LogP contribution in [-0.4, -0.2) is 45.9 Å². The summed E-state index contributed by atoms with van der Waals surface area (Å²) in [6.07, 6.45) is -0.446. The van der Waals surface area contributed by atoms with Crippen molar-refractivity contribution in [3.63, 3.8) is 0 Å². The summed E-state index contributed by atoms with van der Waals surface area (Å²) in [5, 5.41) is 0. The molecule has 0 aromatic heterocycles. The Hall–Kier alpha value is -0.738. The van der Waals surface area contributed by atoms with Crippen LogP contribution in [0.25, 0.3) is 0 Å². The minimum atomic E-state index is -2.57. The molecule has 0 saturated carbocycles. The second-order valence-corrected chi connectivity index (χ2v) is 4.39. The van der Waals surface area contributed by atoms with E-state index in [9.17, 15) is 14.4 Å². The normalized spacial score (nSPS) is 9.69. The molecular formula is C9H15AlO6. The van der Waals surface area contributed by atoms with E-state index < -0.39 is 33.3 Å². The molecule has 0 radical (unpaired) electrons. The van der Waals surface area contributed by atoms with Gasteiger partial charge in [-0.05, 0) is 20.8 Å². The zero-order chi connectivity index (χ0) is 12.6. The highest BCUT2D eigenvalue weighted by Gasteiger charge is 2.38. The Morgan fingerprint density at radius 2 is 1.56 bits per heavy atom. The van der Waals surface area contributed by atoms with E-state index in [0.717, 1.165) is 0 Å². The van der Waals surface area contributed by atoms with Crippen LogP contribution < -0.4 is 0 Å². The molecule has 0 bridgehead atoms. The number of hydrogen-bond donors (Lipinski definition) is 0. The van der Waals surface area contributed by atoms with Crippen molar-refractivity contribution in [2.45, 2.75) is 27.2 Å². The van der Waals surface area contributed by atoms with Crippen molar-refractivity contribution >= 4 is 32.7 Å². The minimum absolute atomic E-state index is 0.338. The van der Waals surface area contributed by atoms with E-state index in [0.29, 0.717) is 13.2 Å². The number of carbonyl (C=O) groups is 3. The third kappa shape index (κ3) is 6.69. The Morgan fingerprint density at radius 3 is 1.94 bits per heavy atom. The fourth-order valence-corrected chi connectivity index (χ4v) is 1.92. The SMILES string of the molecule is CC[O][Al]([O]CC)[O]C(=O)C(=O)CC(C)=O. The maximum atomic E-state index is 11.2. The molecule has 90 valence electrons. The van der Waals surface area contributed by atoms with Crippen LogP contribution >= 0.6 is 0 Å². The van der Waals surface area contributed by atoms with E-state index in [4.69, 9.17) is 11.4 Å². The molecule has 0 fully saturated rings. The molecule has 0 aliphatic carbocycles. The molecule has 0 unspecified atom stereocenters. The van der Waals surface area contributed by atoms with Crippen molar-refractivity contribution in [2.24, 2.45) is 0 Å². The van der Waals surface area contributed by atoms with Gasteiger partial charge < -0.3 is 11.4 Å². The van der Waals surface area contributed by atoms with Crippen LogP contribution in [0.1, 0.15) is 27.2 Å². The van der Waals surface area contributed by atoms with Gasteiger partial charge in [0.05, 0.1) is 6.42 Å². The average Bonchev–Trinajstić information content (AvgIpc) is 2.17. The molecule has 7 heteroatoms. The Balaban J connectivity index is 4.16. The minimum Gasteiger partial charge on any atom is -0.566 e. The molecular weight excluding hydrogens is 231 g/mol. The van der Waals surface area contributed by atoms with Crippen LogP contribution in [0, 0.1) is 0 Å². The summed E-state index contributed by atoms with van der Waals surface area (Å²) in [6, 6.07) is 0. The van der Waals surface area contributed by atoms with Crippen LogP contribution in [-0.2, 0) is 25.7 Å². The van der Waals surface area contributed by atoms with Crippen molar-refractivity contribution in [3.05, 3.63) is 0 Å². The molecule has 0 heterocycles. The summed E-state index contributed by atoms with van der Waals surface area (Å²) >= 11 is -2.57. The highest BCUT2D eigenvalue weighted by atomic mass is 27.3. The predicted molar refractivity (Wildman–Crippen MR) is 55.4 cm³/mol. The van der Waals surface area contributed by atoms with Crippen molar-refractivity contribution in [3.8, 4) is 0 Å². The molecule has 0 rings (SSSR count). The molecule has 0 aromatic rings. The zero-order valence-corrected chi connectivity index (χ0v) is 10.8. The van der Waals surface area contributed by atoms with Crippen LogP contribution in [0.2, 0.25) is 0 Å². The lowest BCUT2D eigenvalue weighted by Crippen LogP contribution is -2.33. The van der Waals surface area contributed by atoms with E-state index in [-0.39, 0.29) is 5.78 Å². The third-order valence-corrected chi connectivity index (χ3v) is 3.06. The molecule has 0 saturated heterocycles. The first-order valence-corrected chi connectivity index (χ1v) is 6.39. The third-order valence-electron chi connectivity index (χ3n) is 1.45. The van der Waals surface area contributed by atoms with Crippen LogP contribution in [0.3, 0.4) is 0 Å². The van der Waals surface area contributed by atoms with Crippen LogP contribution in [0.15, 0.2) is 0 Å². The molecule has 0 amide bonds. The molecule has 0 aliphatic heterocycles. The fraction of sp³-hybridized carbons (Fsp3) is 0.667. The van der Waals surface area contributed by atoms with Crippen LogP contribution in [0.4, 0.5) is 0 Å². The van der Waals surface area contributed by atoms with Gasteiger partial charge in [-0.3, -0.25) is 9.59 Å². The lowest BCUT2D eigenvalue weighted by molar-refractivity contribution is -0.150. The van der Waals surface area contributed by atoms with E-state index in [1.54, 1.807) is 13.8 Å². The second kappa shape index (κ2) is 8.42. The summed E-state index contributed by atoms with van der Waals surface area (Å²) in [5.74, 6) is -2.31. The first-order chi connectivity index (χ1) is 7.51. The molecule has 0 spiro atoms. The maximum absolute atomic E-state index is 11.2. The highest BCUT2D eigenvalue weighted by molar-refractivity contribution is 6.47. The second-order valence-electron chi connectivity index (χ2n) is 2.91. The van der Waals surface area contributed by atoms with E-state index in [1.807, 2.05) is 0 Å². The average molecular weight is 246 g/mol. The Morgan fingerprint density at radius 1 is 1.06 bits per heavy atom. The smallest absolute Gasteiger partial charge is 0.566 e. The molecule has 0 atom stereocenters. The van der Waals surface area contributed by atoms with Gasteiger partial charge in [-0.25, -0.2) is 4.79 Å². The topological polar surface area (TPSA) is 78.9 Å². The van der Waals surface area contributed by atoms with Crippen molar-refractivity contribution < 1.29 is 25.7 Å². The Bertz CT molecular complexity index is 259. The van der Waals surface area contributed by atoms with Gasteiger partial charge in [-0.1, -0.05) is 0 Å². The number of hydrogen-bond acceptors (Lipinski definition) is 6. The van der Waals surface area contributed by atoms with Gasteiger partial charge in [0.1, 0.15) is 5.78 Å². The van der Waals surface area contributed by atoms with Gasteiger partial charge in [0.2, 0.25) is 5.78 Å². The number of carbonyl (C=O) groups excluding carboxylic acids is 3. The van der Waals surface area contributed by atoms with Gasteiger partial charge in [-0.2, -0.15) is 0 Å². The van der Waals surface area contributed by atoms with Gasteiger partial charge in [0.25, 0.3) is 0 Å². The van der Waals surface area contributed by atoms with E-state index >= 15 is 0 Å². The summed E-state index contributed by atoms with van der Waals surface area (Å²) in [6.45, 7) is 5.36. The molecule has 0 aromatic carbocycles. The van der Waals surface area contributed by atoms with Crippen LogP contribution in [0.5, 0.6) is 0 Å². The van der Waals surface area contributed by atoms with Gasteiger partial charge >= 0.3 is 21.1 Å². The lowest BCUT2D eigenvalue weighted by atomic mass is 10.2. The number of rotatable bonds is 8. The first kappa shape index (κ1) is 15.3. The monoisotopic (exact) mass is 246 g/mol. The van der Waals surface area contributed by atoms with E-state index in [1.165, 1.54) is 6.92 Å². The largest absolute Gasteiger partial charge is 1.00 e. The lowest BCUT2D eigenvalue weighted by Gasteiger charge is -2.10. The van der Waals surface area contributed by atoms with E-state index in [2.05, 4.69) is 0 Å². The summed E-state index contributed by atoms with van der Waals surface area (Å²) in [7, 11) is 0. The quantitative estimate of drug-likeness (QED) is 0.344. The molecule has 6 nitrogen and oxygen atoms in total. The standard InChI is InChI=1S/C5H6O4.2C2H5O.Al/c1-3(6)2-4(7)5(8)9;2*1-2-3;/h2H2,1H3,(H,8,9);2*2H2,1H3;/q;2*-1;+3/p-1. The fourth-order valence-electron chi connectivity index (χ4n) is 0.840. The molecule has 0 aliphatic rings. The highest BCUT2D eigenvalue weighted by Crippen LogP contribution is 1.96.